The Balaban J connectivity index is 1.80. The second-order valence-electron chi connectivity index (χ2n) is 6.57. The van der Waals surface area contributed by atoms with Crippen molar-refractivity contribution < 1.29 is 9.90 Å². The van der Waals surface area contributed by atoms with Gasteiger partial charge >= 0.3 is 0 Å². The lowest BCUT2D eigenvalue weighted by Crippen LogP contribution is -2.65. The number of carbonyl (C=O) groups is 1. The highest BCUT2D eigenvalue weighted by Gasteiger charge is 2.45. The molecule has 21 heavy (non-hydrogen) atoms. The van der Waals surface area contributed by atoms with Gasteiger partial charge in [-0.1, -0.05) is 26.0 Å². The highest BCUT2D eigenvalue weighted by molar-refractivity contribution is 5.77. The Hall–Kier alpha value is -1.55. The number of aryl methyl sites for hydroxylation is 1. The van der Waals surface area contributed by atoms with Gasteiger partial charge < -0.3 is 14.9 Å². The zero-order valence-electron chi connectivity index (χ0n) is 13.5. The summed E-state index contributed by atoms with van der Waals surface area (Å²) in [6.07, 6.45) is 1.26. The summed E-state index contributed by atoms with van der Waals surface area (Å²) >= 11 is 0. The zero-order valence-corrected chi connectivity index (χ0v) is 13.5. The van der Waals surface area contributed by atoms with E-state index in [2.05, 4.69) is 29.2 Å². The van der Waals surface area contributed by atoms with Crippen molar-refractivity contribution in [1.82, 2.24) is 4.90 Å². The molecule has 4 heteroatoms. The van der Waals surface area contributed by atoms with Gasteiger partial charge in [-0.2, -0.15) is 0 Å². The maximum Gasteiger partial charge on any atom is 0.223 e. The van der Waals surface area contributed by atoms with Crippen molar-refractivity contribution >= 4 is 11.6 Å². The van der Waals surface area contributed by atoms with E-state index in [1.165, 1.54) is 5.56 Å². The summed E-state index contributed by atoms with van der Waals surface area (Å²) in [5, 5.41) is 10.2. The number of carbonyl (C=O) groups excluding carboxylic acids is 1. The van der Waals surface area contributed by atoms with Crippen LogP contribution in [0.5, 0.6) is 0 Å². The topological polar surface area (TPSA) is 43.8 Å². The van der Waals surface area contributed by atoms with E-state index in [0.717, 1.165) is 12.1 Å². The van der Waals surface area contributed by atoms with Crippen LogP contribution in [0.3, 0.4) is 0 Å². The van der Waals surface area contributed by atoms with Crippen LogP contribution >= 0.6 is 0 Å². The number of aliphatic hydroxyl groups is 1. The number of nitrogens with zero attached hydrogens (tertiary/aromatic N) is 2. The molecule has 0 saturated carbocycles. The van der Waals surface area contributed by atoms with Crippen LogP contribution in [0.25, 0.3) is 0 Å². The first-order chi connectivity index (χ1) is 9.82. The summed E-state index contributed by atoms with van der Waals surface area (Å²) in [5.41, 5.74) is 1.66. The molecule has 2 rings (SSSR count). The maximum absolute atomic E-state index is 12.1. The molecule has 0 unspecified atom stereocenters. The van der Waals surface area contributed by atoms with E-state index in [4.69, 9.17) is 0 Å². The number of rotatable bonds is 5. The smallest absolute Gasteiger partial charge is 0.223 e. The number of benzene rings is 1. The Morgan fingerprint density at radius 1 is 1.29 bits per heavy atom. The van der Waals surface area contributed by atoms with E-state index in [1.54, 1.807) is 4.90 Å². The van der Waals surface area contributed by atoms with E-state index in [-0.39, 0.29) is 11.8 Å². The van der Waals surface area contributed by atoms with E-state index in [9.17, 15) is 9.90 Å². The third kappa shape index (κ3) is 3.56. The highest BCUT2D eigenvalue weighted by Crippen LogP contribution is 2.29. The first-order valence-corrected chi connectivity index (χ1v) is 7.58. The lowest BCUT2D eigenvalue weighted by Gasteiger charge is -2.49. The van der Waals surface area contributed by atoms with Crippen LogP contribution in [0.2, 0.25) is 0 Å². The lowest BCUT2D eigenvalue weighted by molar-refractivity contribution is -0.163. The molecule has 0 aromatic heterocycles. The fourth-order valence-corrected chi connectivity index (χ4v) is 2.53. The number of hydrogen-bond acceptors (Lipinski definition) is 3. The molecular weight excluding hydrogens is 264 g/mol. The largest absolute Gasteiger partial charge is 0.386 e. The van der Waals surface area contributed by atoms with Crippen molar-refractivity contribution in [2.24, 2.45) is 5.92 Å². The summed E-state index contributed by atoms with van der Waals surface area (Å²) in [4.78, 5) is 15.9. The van der Waals surface area contributed by atoms with Crippen molar-refractivity contribution in [1.29, 1.82) is 0 Å². The molecule has 1 heterocycles. The van der Waals surface area contributed by atoms with Gasteiger partial charge in [0.1, 0.15) is 5.60 Å². The molecule has 0 atom stereocenters. The van der Waals surface area contributed by atoms with Gasteiger partial charge in [0, 0.05) is 26.2 Å². The van der Waals surface area contributed by atoms with Gasteiger partial charge in [-0.15, -0.1) is 0 Å². The predicted octanol–water partition coefficient (Wildman–Crippen LogP) is 1.91. The Kier molecular flexibility index (Phi) is 4.57. The Morgan fingerprint density at radius 3 is 2.33 bits per heavy atom. The van der Waals surface area contributed by atoms with Crippen LogP contribution in [0.4, 0.5) is 5.69 Å². The summed E-state index contributed by atoms with van der Waals surface area (Å²) in [6, 6.07) is 8.29. The predicted molar refractivity (Wildman–Crippen MR) is 85.5 cm³/mol. The second-order valence-corrected chi connectivity index (χ2v) is 6.57. The van der Waals surface area contributed by atoms with Crippen molar-refractivity contribution in [3.05, 3.63) is 29.8 Å². The Bertz CT molecular complexity index is 488. The molecule has 1 aliphatic heterocycles. The molecule has 0 spiro atoms. The molecule has 1 N–H and O–H groups in total. The minimum atomic E-state index is -0.678. The quantitative estimate of drug-likeness (QED) is 0.901. The van der Waals surface area contributed by atoms with Gasteiger partial charge in [-0.25, -0.2) is 0 Å². The molecule has 1 saturated heterocycles. The normalized spacial score (nSPS) is 16.8. The lowest BCUT2D eigenvalue weighted by atomic mass is 9.83. The average molecular weight is 290 g/mol. The Labute approximate surface area is 127 Å². The van der Waals surface area contributed by atoms with Gasteiger partial charge in [-0.3, -0.25) is 4.79 Å². The summed E-state index contributed by atoms with van der Waals surface area (Å²) < 4.78 is 0. The van der Waals surface area contributed by atoms with E-state index >= 15 is 0 Å². The fraction of sp³-hybridized carbons (Fsp3) is 0.588. The molecule has 0 bridgehead atoms. The van der Waals surface area contributed by atoms with Gasteiger partial charge in [0.05, 0.1) is 13.1 Å². The summed E-state index contributed by atoms with van der Waals surface area (Å²) in [5.74, 6) is 0.331. The van der Waals surface area contributed by atoms with Crippen LogP contribution < -0.4 is 4.90 Å². The number of β-amino-alcohol motifs (C(OH)–C–C–N with tert-alkyl or cyclic N) is 1. The van der Waals surface area contributed by atoms with Crippen LogP contribution in [0.15, 0.2) is 24.3 Å². The van der Waals surface area contributed by atoms with Crippen molar-refractivity contribution in [3.8, 4) is 0 Å². The maximum atomic E-state index is 12.1. The standard InChI is InChI=1S/C17H26N2O2/c1-13(2)17(21)11-19(12-17)16(20)10-7-14-5-8-15(9-6-14)18(3)4/h5-6,8-9,13,21H,7,10-12H2,1-4H3. The number of likely N-dealkylation sites (tertiary alicyclic amines) is 1. The van der Waals surface area contributed by atoms with Crippen LogP contribution in [0.1, 0.15) is 25.8 Å². The van der Waals surface area contributed by atoms with Gasteiger partial charge in [0.15, 0.2) is 0 Å². The van der Waals surface area contributed by atoms with Gasteiger partial charge in [0.25, 0.3) is 0 Å². The molecule has 1 aromatic carbocycles. The van der Waals surface area contributed by atoms with Gasteiger partial charge in [0.2, 0.25) is 5.91 Å². The number of anilines is 1. The van der Waals surface area contributed by atoms with Crippen molar-refractivity contribution in [3.63, 3.8) is 0 Å². The first kappa shape index (κ1) is 15.8. The molecule has 116 valence electrons. The monoisotopic (exact) mass is 290 g/mol. The summed E-state index contributed by atoms with van der Waals surface area (Å²) in [7, 11) is 4.02. The minimum Gasteiger partial charge on any atom is -0.386 e. The minimum absolute atomic E-state index is 0.136. The van der Waals surface area contributed by atoms with Crippen LogP contribution in [-0.2, 0) is 11.2 Å². The SMILES string of the molecule is CC(C)C1(O)CN(C(=O)CCc2ccc(N(C)C)cc2)C1. The third-order valence-corrected chi connectivity index (χ3v) is 4.44. The summed E-state index contributed by atoms with van der Waals surface area (Å²) in [6.45, 7) is 4.94. The Morgan fingerprint density at radius 2 is 1.86 bits per heavy atom. The van der Waals surface area contributed by atoms with E-state index < -0.39 is 5.60 Å². The molecule has 0 radical (unpaired) electrons. The van der Waals surface area contributed by atoms with Crippen LogP contribution in [-0.4, -0.2) is 48.7 Å². The molecule has 1 aliphatic rings. The number of amides is 1. The van der Waals surface area contributed by atoms with Gasteiger partial charge in [-0.05, 0) is 30.0 Å². The molecule has 1 aromatic rings. The van der Waals surface area contributed by atoms with E-state index in [1.807, 2.05) is 27.9 Å². The molecule has 1 amide bonds. The first-order valence-electron chi connectivity index (χ1n) is 7.58. The molecule has 4 nitrogen and oxygen atoms in total. The number of hydrogen-bond donors (Lipinski definition) is 1. The zero-order chi connectivity index (χ0) is 15.6. The highest BCUT2D eigenvalue weighted by atomic mass is 16.3. The van der Waals surface area contributed by atoms with Crippen molar-refractivity contribution in [2.75, 3.05) is 32.1 Å². The average Bonchev–Trinajstić information content (AvgIpc) is 2.41. The van der Waals surface area contributed by atoms with E-state index in [0.29, 0.717) is 19.5 Å². The second kappa shape index (κ2) is 6.06. The van der Waals surface area contributed by atoms with Crippen LogP contribution in [0, 0.1) is 5.92 Å². The molecular formula is C17H26N2O2. The fourth-order valence-electron chi connectivity index (χ4n) is 2.53. The molecule has 0 aliphatic carbocycles. The van der Waals surface area contributed by atoms with Crippen molar-refractivity contribution in [2.45, 2.75) is 32.3 Å². The third-order valence-electron chi connectivity index (χ3n) is 4.44. The molecule has 1 fully saturated rings.